The normalized spacial score (nSPS) is 11.6. The van der Waals surface area contributed by atoms with Crippen molar-refractivity contribution in [1.29, 1.82) is 0 Å². The Kier molecular flexibility index (Phi) is 5.19. The van der Waals surface area contributed by atoms with Crippen molar-refractivity contribution in [3.8, 4) is 11.5 Å². The monoisotopic (exact) mass is 355 g/mol. The molecule has 2 rings (SSSR count). The molecule has 0 bridgehead atoms. The molecule has 0 fully saturated rings. The van der Waals surface area contributed by atoms with Crippen LogP contribution < -0.4 is 4.72 Å². The van der Waals surface area contributed by atoms with Crippen LogP contribution in [0.5, 0.6) is 11.5 Å². The van der Waals surface area contributed by atoms with Crippen molar-refractivity contribution in [1.82, 2.24) is 4.72 Å². The third-order valence-corrected chi connectivity index (χ3v) is 5.63. The topological polar surface area (TPSA) is 86.6 Å². The molecule has 0 unspecified atom stereocenters. The number of aryl methyl sites for hydroxylation is 1. The quantitative estimate of drug-likeness (QED) is 0.769. The van der Waals surface area contributed by atoms with E-state index < -0.39 is 10.0 Å². The lowest BCUT2D eigenvalue weighted by atomic mass is 10.1. The molecule has 0 aromatic heterocycles. The Bertz CT molecular complexity index is 834. The summed E-state index contributed by atoms with van der Waals surface area (Å²) in [5, 5.41) is 19.7. The summed E-state index contributed by atoms with van der Waals surface area (Å²) in [4.78, 5) is -0.125. The van der Waals surface area contributed by atoms with Crippen molar-refractivity contribution in [2.45, 2.75) is 25.2 Å². The second-order valence-electron chi connectivity index (χ2n) is 5.25. The largest absolute Gasteiger partial charge is 0.508 e. The molecule has 0 radical (unpaired) electrons. The van der Waals surface area contributed by atoms with Crippen LogP contribution >= 0.6 is 11.6 Å². The van der Waals surface area contributed by atoms with Crippen molar-refractivity contribution in [2.24, 2.45) is 0 Å². The Hall–Kier alpha value is -1.76. The van der Waals surface area contributed by atoms with E-state index in [1.807, 2.05) is 0 Å². The Morgan fingerprint density at radius 1 is 1.17 bits per heavy atom. The van der Waals surface area contributed by atoms with Crippen LogP contribution in [0.1, 0.15) is 16.7 Å². The van der Waals surface area contributed by atoms with E-state index in [-0.39, 0.29) is 33.5 Å². The zero-order valence-electron chi connectivity index (χ0n) is 12.8. The van der Waals surface area contributed by atoms with Crippen molar-refractivity contribution >= 4 is 21.6 Å². The maximum Gasteiger partial charge on any atom is 0.242 e. The Morgan fingerprint density at radius 3 is 2.48 bits per heavy atom. The molecule has 124 valence electrons. The fourth-order valence-corrected chi connectivity index (χ4v) is 4.29. The molecule has 0 aliphatic carbocycles. The summed E-state index contributed by atoms with van der Waals surface area (Å²) in [6.45, 7) is 3.26. The van der Waals surface area contributed by atoms with Crippen LogP contribution in [-0.2, 0) is 16.4 Å². The molecule has 0 saturated heterocycles. The molecule has 3 N–H and O–H groups in total. The van der Waals surface area contributed by atoms with Crippen LogP contribution in [0.25, 0.3) is 0 Å². The van der Waals surface area contributed by atoms with Gasteiger partial charge in [0.15, 0.2) is 0 Å². The van der Waals surface area contributed by atoms with Gasteiger partial charge in [-0.2, -0.15) is 0 Å². The predicted octanol–water partition coefficient (Wildman–Crippen LogP) is 2.89. The van der Waals surface area contributed by atoms with Gasteiger partial charge in [0.25, 0.3) is 0 Å². The number of nitrogens with one attached hydrogen (secondary N) is 1. The van der Waals surface area contributed by atoms with E-state index in [0.717, 1.165) is 0 Å². The molecule has 5 nitrogen and oxygen atoms in total. The summed E-state index contributed by atoms with van der Waals surface area (Å²) in [6, 6.07) is 8.15. The number of aromatic hydroxyl groups is 2. The summed E-state index contributed by atoms with van der Waals surface area (Å²) in [7, 11) is -3.87. The first kappa shape index (κ1) is 17.6. The highest BCUT2D eigenvalue weighted by molar-refractivity contribution is 7.89. The highest BCUT2D eigenvalue weighted by Gasteiger charge is 2.23. The van der Waals surface area contributed by atoms with Crippen molar-refractivity contribution < 1.29 is 18.6 Å². The van der Waals surface area contributed by atoms with E-state index in [9.17, 15) is 18.6 Å². The van der Waals surface area contributed by atoms with E-state index >= 15 is 0 Å². The second kappa shape index (κ2) is 6.78. The van der Waals surface area contributed by atoms with Gasteiger partial charge in [-0.1, -0.05) is 29.8 Å². The zero-order chi connectivity index (χ0) is 17.2. The number of rotatable bonds is 5. The summed E-state index contributed by atoms with van der Waals surface area (Å²) in [5.74, 6) is 0.0318. The van der Waals surface area contributed by atoms with Gasteiger partial charge in [-0.15, -0.1) is 0 Å². The third-order valence-electron chi connectivity index (χ3n) is 3.58. The first-order chi connectivity index (χ1) is 10.7. The lowest BCUT2D eigenvalue weighted by molar-refractivity contribution is 0.464. The van der Waals surface area contributed by atoms with Gasteiger partial charge in [0.2, 0.25) is 10.0 Å². The summed E-state index contributed by atoms with van der Waals surface area (Å²) in [6.07, 6.45) is 0.334. The van der Waals surface area contributed by atoms with Crippen LogP contribution in [-0.4, -0.2) is 25.2 Å². The number of halogens is 1. The number of benzene rings is 2. The molecule has 7 heteroatoms. The molecule has 2 aromatic rings. The molecular formula is C16H18ClNO4S. The minimum atomic E-state index is -3.87. The highest BCUT2D eigenvalue weighted by atomic mass is 35.5. The summed E-state index contributed by atoms with van der Waals surface area (Å²) in [5.41, 5.74) is 1.37. The SMILES string of the molecule is Cc1cc(Cl)c(S(=O)(=O)NCCc2ccccc2O)c(C)c1O. The van der Waals surface area contributed by atoms with Gasteiger partial charge in [0.05, 0.1) is 5.02 Å². The lowest BCUT2D eigenvalue weighted by Gasteiger charge is -2.14. The average Bonchev–Trinajstić information content (AvgIpc) is 2.46. The molecule has 0 amide bonds. The molecule has 0 atom stereocenters. The van der Waals surface area contributed by atoms with E-state index in [4.69, 9.17) is 11.6 Å². The van der Waals surface area contributed by atoms with Crippen molar-refractivity contribution in [3.63, 3.8) is 0 Å². The molecule has 0 heterocycles. The van der Waals surface area contributed by atoms with Gasteiger partial charge < -0.3 is 10.2 Å². The number of phenols is 2. The van der Waals surface area contributed by atoms with Crippen LogP contribution in [0.15, 0.2) is 35.2 Å². The Morgan fingerprint density at radius 2 is 1.83 bits per heavy atom. The maximum atomic E-state index is 12.4. The van der Waals surface area contributed by atoms with Gasteiger partial charge >= 0.3 is 0 Å². The van der Waals surface area contributed by atoms with Gasteiger partial charge in [-0.3, -0.25) is 0 Å². The summed E-state index contributed by atoms with van der Waals surface area (Å²) < 4.78 is 27.3. The van der Waals surface area contributed by atoms with Crippen LogP contribution in [0.4, 0.5) is 0 Å². The smallest absolute Gasteiger partial charge is 0.242 e. The maximum absolute atomic E-state index is 12.4. The molecule has 0 aliphatic rings. The van der Waals surface area contributed by atoms with Gasteiger partial charge in [-0.05, 0) is 43.5 Å². The number of hydrogen-bond acceptors (Lipinski definition) is 4. The standard InChI is InChI=1S/C16H18ClNO4S/c1-10-9-13(17)16(11(2)15(10)20)23(21,22)18-8-7-12-5-3-4-6-14(12)19/h3-6,9,18-20H,7-8H2,1-2H3. The summed E-state index contributed by atoms with van der Waals surface area (Å²) >= 11 is 6.04. The van der Waals surface area contributed by atoms with E-state index in [1.165, 1.54) is 13.0 Å². The fraction of sp³-hybridized carbons (Fsp3) is 0.250. The first-order valence-corrected chi connectivity index (χ1v) is 8.85. The highest BCUT2D eigenvalue weighted by Crippen LogP contribution is 2.34. The number of phenolic OH excluding ortho intramolecular Hbond substituents is 2. The van der Waals surface area contributed by atoms with Crippen LogP contribution in [0.2, 0.25) is 5.02 Å². The van der Waals surface area contributed by atoms with Gasteiger partial charge in [0, 0.05) is 12.1 Å². The molecule has 0 aliphatic heterocycles. The molecule has 0 saturated carbocycles. The number of sulfonamides is 1. The molecular weight excluding hydrogens is 338 g/mol. The Labute approximate surface area is 140 Å². The Balaban J connectivity index is 2.20. The van der Waals surface area contributed by atoms with E-state index in [2.05, 4.69) is 4.72 Å². The number of hydrogen-bond donors (Lipinski definition) is 3. The van der Waals surface area contributed by atoms with Crippen LogP contribution in [0.3, 0.4) is 0 Å². The van der Waals surface area contributed by atoms with Crippen molar-refractivity contribution in [3.05, 3.63) is 52.0 Å². The predicted molar refractivity (Wildman–Crippen MR) is 89.6 cm³/mol. The minimum absolute atomic E-state index is 0.0628. The molecule has 23 heavy (non-hydrogen) atoms. The van der Waals surface area contributed by atoms with E-state index in [0.29, 0.717) is 17.5 Å². The fourth-order valence-electron chi connectivity index (χ4n) is 2.35. The van der Waals surface area contributed by atoms with Gasteiger partial charge in [0.1, 0.15) is 16.4 Å². The van der Waals surface area contributed by atoms with E-state index in [1.54, 1.807) is 31.2 Å². The lowest BCUT2D eigenvalue weighted by Crippen LogP contribution is -2.27. The average molecular weight is 356 g/mol. The molecule has 2 aromatic carbocycles. The van der Waals surface area contributed by atoms with Crippen molar-refractivity contribution in [2.75, 3.05) is 6.54 Å². The van der Waals surface area contributed by atoms with Gasteiger partial charge in [-0.25, -0.2) is 13.1 Å². The second-order valence-corrected chi connectivity index (χ2v) is 7.37. The van der Waals surface area contributed by atoms with Crippen LogP contribution in [0, 0.1) is 13.8 Å². The molecule has 0 spiro atoms. The first-order valence-electron chi connectivity index (χ1n) is 6.99. The zero-order valence-corrected chi connectivity index (χ0v) is 14.4. The number of para-hydroxylation sites is 1. The third kappa shape index (κ3) is 3.77. The minimum Gasteiger partial charge on any atom is -0.508 e.